The molecule has 1 aromatic rings. The smallest absolute Gasteiger partial charge is 0.416 e. The van der Waals surface area contributed by atoms with Crippen LogP contribution in [-0.4, -0.2) is 36.5 Å². The van der Waals surface area contributed by atoms with Crippen molar-refractivity contribution in [3.8, 4) is 5.75 Å². The average molecular weight is 330 g/mol. The Morgan fingerprint density at radius 1 is 1.48 bits per heavy atom. The van der Waals surface area contributed by atoms with E-state index in [1.807, 2.05) is 6.92 Å². The lowest BCUT2D eigenvalue weighted by molar-refractivity contribution is -0.137. The minimum absolute atomic E-state index is 0.00925. The number of amides is 1. The standard InChI is InChI=1S/C16H21F3N2O2/c1-11(20)12-4-3-7-21(9-12)15(22)10-23-14-6-2-5-13(8-14)16(17,18)19/h2,5-6,8,11-12H,3-4,7,9-10,20H2,1H3/t11-,12+/m0/s1. The SMILES string of the molecule is C[C@H](N)[C@@H]1CCCN(C(=O)COc2cccc(C(F)(F)F)c2)C1. The summed E-state index contributed by atoms with van der Waals surface area (Å²) in [6.45, 7) is 2.85. The van der Waals surface area contributed by atoms with Crippen LogP contribution in [0.3, 0.4) is 0 Å². The third kappa shape index (κ3) is 4.86. The zero-order chi connectivity index (χ0) is 17.0. The minimum atomic E-state index is -4.43. The molecule has 0 bridgehead atoms. The number of carbonyl (C=O) groups is 1. The molecule has 1 fully saturated rings. The molecule has 2 N–H and O–H groups in total. The molecule has 0 aliphatic carbocycles. The maximum atomic E-state index is 12.6. The number of likely N-dealkylation sites (tertiary alicyclic amines) is 1. The summed E-state index contributed by atoms with van der Waals surface area (Å²) < 4.78 is 43.1. The summed E-state index contributed by atoms with van der Waals surface area (Å²) in [5.74, 6) is 0.0583. The van der Waals surface area contributed by atoms with E-state index < -0.39 is 11.7 Å². The van der Waals surface area contributed by atoms with Gasteiger partial charge in [-0.2, -0.15) is 13.2 Å². The summed E-state index contributed by atoms with van der Waals surface area (Å²) in [5, 5.41) is 0. The van der Waals surface area contributed by atoms with Crippen LogP contribution in [0.25, 0.3) is 0 Å². The third-order valence-corrected chi connectivity index (χ3v) is 4.08. The van der Waals surface area contributed by atoms with E-state index in [2.05, 4.69) is 0 Å². The van der Waals surface area contributed by atoms with Crippen LogP contribution in [0.1, 0.15) is 25.3 Å². The van der Waals surface area contributed by atoms with E-state index in [0.29, 0.717) is 13.1 Å². The molecule has 2 rings (SSSR count). The van der Waals surface area contributed by atoms with Crippen molar-refractivity contribution in [3.05, 3.63) is 29.8 Å². The highest BCUT2D eigenvalue weighted by Crippen LogP contribution is 2.31. The monoisotopic (exact) mass is 330 g/mol. The van der Waals surface area contributed by atoms with Crippen LogP contribution >= 0.6 is 0 Å². The summed E-state index contributed by atoms with van der Waals surface area (Å²) in [6, 6.07) is 4.54. The quantitative estimate of drug-likeness (QED) is 0.923. The molecule has 0 aromatic heterocycles. The second-order valence-corrected chi connectivity index (χ2v) is 5.92. The van der Waals surface area contributed by atoms with Crippen LogP contribution in [0.4, 0.5) is 13.2 Å². The highest BCUT2D eigenvalue weighted by Gasteiger charge is 2.31. The van der Waals surface area contributed by atoms with Gasteiger partial charge in [-0.3, -0.25) is 4.79 Å². The van der Waals surface area contributed by atoms with E-state index in [0.717, 1.165) is 25.0 Å². The van der Waals surface area contributed by atoms with E-state index in [1.54, 1.807) is 4.90 Å². The number of alkyl halides is 3. The van der Waals surface area contributed by atoms with Crippen molar-refractivity contribution in [3.63, 3.8) is 0 Å². The van der Waals surface area contributed by atoms with Crippen LogP contribution in [0, 0.1) is 5.92 Å². The number of carbonyl (C=O) groups excluding carboxylic acids is 1. The Morgan fingerprint density at radius 3 is 2.87 bits per heavy atom. The predicted molar refractivity (Wildman–Crippen MR) is 79.9 cm³/mol. The van der Waals surface area contributed by atoms with Gasteiger partial charge in [-0.25, -0.2) is 0 Å². The van der Waals surface area contributed by atoms with Gasteiger partial charge in [-0.1, -0.05) is 6.07 Å². The molecule has 1 heterocycles. The molecule has 7 heteroatoms. The van der Waals surface area contributed by atoms with Gasteiger partial charge in [0.25, 0.3) is 5.91 Å². The summed E-state index contributed by atoms with van der Waals surface area (Å²) >= 11 is 0. The van der Waals surface area contributed by atoms with Crippen molar-refractivity contribution in [1.82, 2.24) is 4.90 Å². The van der Waals surface area contributed by atoms with E-state index in [9.17, 15) is 18.0 Å². The van der Waals surface area contributed by atoms with Gasteiger partial charge in [0.2, 0.25) is 0 Å². The topological polar surface area (TPSA) is 55.6 Å². The van der Waals surface area contributed by atoms with Gasteiger partial charge in [0, 0.05) is 19.1 Å². The Hall–Kier alpha value is -1.76. The molecule has 1 aromatic carbocycles. The first-order valence-electron chi connectivity index (χ1n) is 7.61. The molecular weight excluding hydrogens is 309 g/mol. The van der Waals surface area contributed by atoms with Crippen LogP contribution < -0.4 is 10.5 Å². The minimum Gasteiger partial charge on any atom is -0.484 e. The van der Waals surface area contributed by atoms with E-state index in [-0.39, 0.29) is 30.2 Å². The summed E-state index contributed by atoms with van der Waals surface area (Å²) in [5.41, 5.74) is 5.08. The lowest BCUT2D eigenvalue weighted by Gasteiger charge is -2.34. The van der Waals surface area contributed by atoms with Crippen LogP contribution in [-0.2, 0) is 11.0 Å². The van der Waals surface area contributed by atoms with E-state index >= 15 is 0 Å². The Kier molecular flexibility index (Phi) is 5.51. The van der Waals surface area contributed by atoms with Gasteiger partial charge < -0.3 is 15.4 Å². The first-order valence-corrected chi connectivity index (χ1v) is 7.61. The number of nitrogens with zero attached hydrogens (tertiary/aromatic N) is 1. The average Bonchev–Trinajstić information content (AvgIpc) is 2.52. The van der Waals surface area contributed by atoms with Crippen molar-refractivity contribution in [2.75, 3.05) is 19.7 Å². The molecule has 1 aliphatic heterocycles. The zero-order valence-electron chi connectivity index (χ0n) is 13.0. The normalized spacial score (nSPS) is 20.2. The molecule has 1 aliphatic rings. The molecule has 0 saturated carbocycles. The van der Waals surface area contributed by atoms with E-state index in [4.69, 9.17) is 10.5 Å². The molecule has 1 saturated heterocycles. The Bertz CT molecular complexity index is 546. The molecule has 23 heavy (non-hydrogen) atoms. The van der Waals surface area contributed by atoms with E-state index in [1.165, 1.54) is 12.1 Å². The molecule has 0 unspecified atom stereocenters. The fraction of sp³-hybridized carbons (Fsp3) is 0.562. The maximum absolute atomic E-state index is 12.6. The number of piperidine rings is 1. The third-order valence-electron chi connectivity index (χ3n) is 4.08. The highest BCUT2D eigenvalue weighted by atomic mass is 19.4. The van der Waals surface area contributed by atoms with Crippen LogP contribution in [0.5, 0.6) is 5.75 Å². The van der Waals surface area contributed by atoms with Gasteiger partial charge in [0.05, 0.1) is 5.56 Å². The summed E-state index contributed by atoms with van der Waals surface area (Å²) in [4.78, 5) is 13.8. The van der Waals surface area contributed by atoms with Gasteiger partial charge in [-0.15, -0.1) is 0 Å². The molecule has 128 valence electrons. The number of nitrogens with two attached hydrogens (primary N) is 1. The maximum Gasteiger partial charge on any atom is 0.416 e. The lowest BCUT2D eigenvalue weighted by Crippen LogP contribution is -2.46. The molecule has 0 radical (unpaired) electrons. The fourth-order valence-corrected chi connectivity index (χ4v) is 2.66. The molecule has 0 spiro atoms. The lowest BCUT2D eigenvalue weighted by atomic mass is 9.92. The number of benzene rings is 1. The van der Waals surface area contributed by atoms with Gasteiger partial charge in [0.1, 0.15) is 5.75 Å². The Balaban J connectivity index is 1.92. The van der Waals surface area contributed by atoms with Crippen LogP contribution in [0.2, 0.25) is 0 Å². The molecule has 4 nitrogen and oxygen atoms in total. The number of hydrogen-bond donors (Lipinski definition) is 1. The fourth-order valence-electron chi connectivity index (χ4n) is 2.66. The first kappa shape index (κ1) is 17.6. The number of rotatable bonds is 4. The van der Waals surface area contributed by atoms with Crippen molar-refractivity contribution >= 4 is 5.91 Å². The highest BCUT2D eigenvalue weighted by molar-refractivity contribution is 5.77. The van der Waals surface area contributed by atoms with Crippen LogP contribution in [0.15, 0.2) is 24.3 Å². The van der Waals surface area contributed by atoms with Crippen molar-refractivity contribution < 1.29 is 22.7 Å². The zero-order valence-corrected chi connectivity index (χ0v) is 13.0. The summed E-state index contributed by atoms with van der Waals surface area (Å²) in [6.07, 6.45) is -2.57. The molecular formula is C16H21F3N2O2. The first-order chi connectivity index (χ1) is 10.8. The number of ether oxygens (including phenoxy) is 1. The number of halogens is 3. The molecule has 2 atom stereocenters. The van der Waals surface area contributed by atoms with Crippen molar-refractivity contribution in [2.24, 2.45) is 11.7 Å². The van der Waals surface area contributed by atoms with Gasteiger partial charge >= 0.3 is 6.18 Å². The predicted octanol–water partition coefficient (Wildman–Crippen LogP) is 2.67. The largest absolute Gasteiger partial charge is 0.484 e. The number of hydrogen-bond acceptors (Lipinski definition) is 3. The second kappa shape index (κ2) is 7.21. The second-order valence-electron chi connectivity index (χ2n) is 5.92. The van der Waals surface area contributed by atoms with Gasteiger partial charge in [-0.05, 0) is 43.9 Å². The Morgan fingerprint density at radius 2 is 2.22 bits per heavy atom. The molecule has 1 amide bonds. The van der Waals surface area contributed by atoms with Crippen molar-refractivity contribution in [2.45, 2.75) is 32.0 Å². The van der Waals surface area contributed by atoms with Gasteiger partial charge in [0.15, 0.2) is 6.61 Å². The Labute approximate surface area is 133 Å². The summed E-state index contributed by atoms with van der Waals surface area (Å²) in [7, 11) is 0. The van der Waals surface area contributed by atoms with Crippen molar-refractivity contribution in [1.29, 1.82) is 0 Å².